The Morgan fingerprint density at radius 1 is 1.00 bits per heavy atom. The lowest BCUT2D eigenvalue weighted by atomic mass is 9.99. The Hall–Kier alpha value is -1.42. The molecule has 124 valence electrons. The lowest BCUT2D eigenvalue weighted by Gasteiger charge is -2.39. The van der Waals surface area contributed by atoms with E-state index in [0.29, 0.717) is 12.0 Å². The van der Waals surface area contributed by atoms with E-state index in [1.807, 2.05) is 0 Å². The topological polar surface area (TPSA) is 140 Å². The number of phenolic OH excluding ortho intramolecular Hbond substituents is 2. The number of benzene rings is 1. The molecule has 0 radical (unpaired) electrons. The summed E-state index contributed by atoms with van der Waals surface area (Å²) in [6.07, 6.45) is -6.17. The minimum absolute atomic E-state index is 0.104. The van der Waals surface area contributed by atoms with Crippen molar-refractivity contribution in [2.24, 2.45) is 0 Å². The molecule has 1 aromatic rings. The minimum Gasteiger partial charge on any atom is -0.504 e. The standard InChI is InChI=1S/C14H20O8/c15-6-10-11(18)12(19)13(20)14(22-10)21-4-3-7-1-2-8(16)9(17)5-7/h1-2,5,10-20H,3-4,6H2. The van der Waals surface area contributed by atoms with Crippen molar-refractivity contribution >= 4 is 0 Å². The SMILES string of the molecule is OCC1OC(OCCc2ccc(O)c(O)c2)C(O)C(O)C1O. The van der Waals surface area contributed by atoms with Crippen molar-refractivity contribution in [3.05, 3.63) is 23.8 Å². The van der Waals surface area contributed by atoms with E-state index in [4.69, 9.17) is 14.6 Å². The second-order valence-corrected chi connectivity index (χ2v) is 5.14. The molecule has 1 aromatic carbocycles. The van der Waals surface area contributed by atoms with E-state index < -0.39 is 37.3 Å². The van der Waals surface area contributed by atoms with E-state index in [1.54, 1.807) is 6.07 Å². The van der Waals surface area contributed by atoms with Crippen LogP contribution in [0.25, 0.3) is 0 Å². The molecule has 1 aliphatic heterocycles. The molecule has 1 saturated heterocycles. The maximum absolute atomic E-state index is 9.78. The molecular formula is C14H20O8. The Balaban J connectivity index is 1.88. The number of rotatable bonds is 5. The van der Waals surface area contributed by atoms with Gasteiger partial charge in [0.25, 0.3) is 0 Å². The van der Waals surface area contributed by atoms with Crippen LogP contribution >= 0.6 is 0 Å². The zero-order valence-electron chi connectivity index (χ0n) is 11.7. The predicted molar refractivity (Wildman–Crippen MR) is 73.2 cm³/mol. The van der Waals surface area contributed by atoms with Crippen LogP contribution in [0.5, 0.6) is 11.5 Å². The van der Waals surface area contributed by atoms with Gasteiger partial charge in [0.05, 0.1) is 13.2 Å². The number of hydrogen-bond acceptors (Lipinski definition) is 8. The van der Waals surface area contributed by atoms with Crippen LogP contribution in [0.2, 0.25) is 0 Å². The third kappa shape index (κ3) is 3.67. The normalized spacial score (nSPS) is 32.1. The van der Waals surface area contributed by atoms with Gasteiger partial charge in [-0.1, -0.05) is 6.07 Å². The number of aromatic hydroxyl groups is 2. The van der Waals surface area contributed by atoms with E-state index in [2.05, 4.69) is 0 Å². The highest BCUT2D eigenvalue weighted by Crippen LogP contribution is 2.25. The molecule has 22 heavy (non-hydrogen) atoms. The predicted octanol–water partition coefficient (Wildman–Crippen LogP) is -1.54. The Morgan fingerprint density at radius 3 is 2.36 bits per heavy atom. The summed E-state index contributed by atoms with van der Waals surface area (Å²) in [5, 5.41) is 56.7. The van der Waals surface area contributed by atoms with Gasteiger partial charge in [-0.05, 0) is 24.1 Å². The average molecular weight is 316 g/mol. The van der Waals surface area contributed by atoms with Gasteiger partial charge in [0.2, 0.25) is 0 Å². The lowest BCUT2D eigenvalue weighted by Crippen LogP contribution is -2.59. The summed E-state index contributed by atoms with van der Waals surface area (Å²) >= 11 is 0. The third-order valence-corrected chi connectivity index (χ3v) is 3.56. The molecule has 8 nitrogen and oxygen atoms in total. The van der Waals surface area contributed by atoms with Crippen LogP contribution in [0.15, 0.2) is 18.2 Å². The van der Waals surface area contributed by atoms with Gasteiger partial charge in [-0.15, -0.1) is 0 Å². The maximum Gasteiger partial charge on any atom is 0.186 e. The van der Waals surface area contributed by atoms with Gasteiger partial charge in [0.15, 0.2) is 17.8 Å². The van der Waals surface area contributed by atoms with Crippen LogP contribution in [0.1, 0.15) is 5.56 Å². The summed E-state index contributed by atoms with van der Waals surface area (Å²) < 4.78 is 10.5. The molecule has 2 rings (SSSR count). The van der Waals surface area contributed by atoms with Gasteiger partial charge in [-0.3, -0.25) is 0 Å². The van der Waals surface area contributed by atoms with Gasteiger partial charge < -0.3 is 40.1 Å². The molecule has 0 spiro atoms. The third-order valence-electron chi connectivity index (χ3n) is 3.56. The van der Waals surface area contributed by atoms with Crippen LogP contribution in [0.4, 0.5) is 0 Å². The first kappa shape index (κ1) is 16.9. The van der Waals surface area contributed by atoms with E-state index in [0.717, 1.165) is 0 Å². The summed E-state index contributed by atoms with van der Waals surface area (Å²) in [5.74, 6) is -0.469. The smallest absolute Gasteiger partial charge is 0.186 e. The number of aliphatic hydroxyl groups excluding tert-OH is 4. The fourth-order valence-electron chi connectivity index (χ4n) is 2.22. The molecule has 5 atom stereocenters. The van der Waals surface area contributed by atoms with Gasteiger partial charge in [0.1, 0.15) is 24.4 Å². The number of aliphatic hydroxyl groups is 4. The van der Waals surface area contributed by atoms with Crippen molar-refractivity contribution in [3.63, 3.8) is 0 Å². The summed E-state index contributed by atoms with van der Waals surface area (Å²) in [4.78, 5) is 0. The Labute approximate surface area is 126 Å². The summed E-state index contributed by atoms with van der Waals surface area (Å²) in [7, 11) is 0. The fraction of sp³-hybridized carbons (Fsp3) is 0.571. The summed E-state index contributed by atoms with van der Waals surface area (Å²) in [6, 6.07) is 4.33. The molecule has 0 saturated carbocycles. The van der Waals surface area contributed by atoms with Crippen molar-refractivity contribution in [1.82, 2.24) is 0 Å². The van der Waals surface area contributed by atoms with Gasteiger partial charge in [-0.25, -0.2) is 0 Å². The highest BCUT2D eigenvalue weighted by atomic mass is 16.7. The first-order valence-electron chi connectivity index (χ1n) is 6.87. The van der Waals surface area contributed by atoms with Crippen molar-refractivity contribution in [3.8, 4) is 11.5 Å². The first-order valence-corrected chi connectivity index (χ1v) is 6.87. The molecule has 1 fully saturated rings. The Bertz CT molecular complexity index is 492. The lowest BCUT2D eigenvalue weighted by molar-refractivity contribution is -0.300. The molecule has 0 aromatic heterocycles. The Kier molecular flexibility index (Phi) is 5.57. The van der Waals surface area contributed by atoms with Crippen LogP contribution in [0, 0.1) is 0 Å². The fourth-order valence-corrected chi connectivity index (χ4v) is 2.22. The zero-order chi connectivity index (χ0) is 16.3. The van der Waals surface area contributed by atoms with Crippen molar-refractivity contribution in [2.45, 2.75) is 37.1 Å². The van der Waals surface area contributed by atoms with Crippen molar-refractivity contribution in [1.29, 1.82) is 0 Å². The van der Waals surface area contributed by atoms with Crippen LogP contribution < -0.4 is 0 Å². The van der Waals surface area contributed by atoms with Crippen molar-refractivity contribution in [2.75, 3.05) is 13.2 Å². The van der Waals surface area contributed by atoms with E-state index in [1.165, 1.54) is 12.1 Å². The molecule has 0 amide bonds. The van der Waals surface area contributed by atoms with Gasteiger partial charge >= 0.3 is 0 Å². The number of ether oxygens (including phenoxy) is 2. The monoisotopic (exact) mass is 316 g/mol. The molecule has 1 heterocycles. The van der Waals surface area contributed by atoms with Crippen LogP contribution in [0.3, 0.4) is 0 Å². The zero-order valence-corrected chi connectivity index (χ0v) is 11.7. The maximum atomic E-state index is 9.78. The quantitative estimate of drug-likeness (QED) is 0.359. The summed E-state index contributed by atoms with van der Waals surface area (Å²) in [6.45, 7) is -0.413. The number of hydrogen-bond donors (Lipinski definition) is 6. The van der Waals surface area contributed by atoms with E-state index in [-0.39, 0.29) is 18.1 Å². The van der Waals surface area contributed by atoms with E-state index >= 15 is 0 Å². The van der Waals surface area contributed by atoms with Crippen LogP contribution in [-0.2, 0) is 15.9 Å². The minimum atomic E-state index is -1.48. The molecule has 5 unspecified atom stereocenters. The molecule has 8 heteroatoms. The van der Waals surface area contributed by atoms with Crippen LogP contribution in [-0.4, -0.2) is 74.6 Å². The molecule has 0 aliphatic carbocycles. The second-order valence-electron chi connectivity index (χ2n) is 5.14. The first-order chi connectivity index (χ1) is 10.4. The highest BCUT2D eigenvalue weighted by molar-refractivity contribution is 5.40. The molecule has 0 bridgehead atoms. The largest absolute Gasteiger partial charge is 0.504 e. The molecule has 1 aliphatic rings. The Morgan fingerprint density at radius 2 is 1.73 bits per heavy atom. The van der Waals surface area contributed by atoms with Crippen molar-refractivity contribution < 1.29 is 40.1 Å². The average Bonchev–Trinajstić information content (AvgIpc) is 2.51. The molecule has 6 N–H and O–H groups in total. The molecular weight excluding hydrogens is 296 g/mol. The second kappa shape index (κ2) is 7.23. The van der Waals surface area contributed by atoms with Gasteiger partial charge in [-0.2, -0.15) is 0 Å². The van der Waals surface area contributed by atoms with E-state index in [9.17, 15) is 25.5 Å². The summed E-state index contributed by atoms with van der Waals surface area (Å²) in [5.41, 5.74) is 0.694. The highest BCUT2D eigenvalue weighted by Gasteiger charge is 2.43. The number of phenols is 2. The van der Waals surface area contributed by atoms with Gasteiger partial charge in [0, 0.05) is 0 Å².